The number of nitrogens with one attached hydrogen (secondary N) is 2. The molecular formula is C25H37IN4O3. The highest BCUT2D eigenvalue weighted by atomic mass is 127. The first-order valence-electron chi connectivity index (χ1n) is 11.1. The first-order valence-corrected chi connectivity index (χ1v) is 11.1. The maximum Gasteiger partial charge on any atom is 0.191 e. The third-order valence-electron chi connectivity index (χ3n) is 5.52. The summed E-state index contributed by atoms with van der Waals surface area (Å²) >= 11 is 0. The topological polar surface area (TPSA) is 67.4 Å². The van der Waals surface area contributed by atoms with Crippen molar-refractivity contribution >= 4 is 29.9 Å². The summed E-state index contributed by atoms with van der Waals surface area (Å²) in [6.45, 7) is 8.55. The summed E-state index contributed by atoms with van der Waals surface area (Å²) in [6, 6.07) is 14.7. The fourth-order valence-electron chi connectivity index (χ4n) is 4.02. The minimum Gasteiger partial charge on any atom is -0.493 e. The molecule has 3 rings (SSSR count). The summed E-state index contributed by atoms with van der Waals surface area (Å²) in [7, 11) is 5.05. The number of rotatable bonds is 8. The second kappa shape index (κ2) is 13.6. The van der Waals surface area contributed by atoms with Crippen molar-refractivity contribution in [1.29, 1.82) is 0 Å². The Morgan fingerprint density at radius 3 is 2.03 bits per heavy atom. The van der Waals surface area contributed by atoms with Gasteiger partial charge in [-0.05, 0) is 42.7 Å². The number of guanidine groups is 1. The highest BCUT2D eigenvalue weighted by Gasteiger charge is 2.21. The lowest BCUT2D eigenvalue weighted by Gasteiger charge is -2.35. The zero-order valence-corrected chi connectivity index (χ0v) is 22.6. The summed E-state index contributed by atoms with van der Waals surface area (Å²) in [4.78, 5) is 6.79. The Bertz CT molecular complexity index is 882. The van der Waals surface area contributed by atoms with E-state index in [1.54, 1.807) is 21.3 Å². The molecule has 7 nitrogen and oxygen atoms in total. The monoisotopic (exact) mass is 568 g/mol. The van der Waals surface area contributed by atoms with Crippen LogP contribution in [0.25, 0.3) is 0 Å². The first-order chi connectivity index (χ1) is 15.5. The van der Waals surface area contributed by atoms with Gasteiger partial charge in [-0.1, -0.05) is 30.3 Å². The van der Waals surface area contributed by atoms with E-state index in [0.29, 0.717) is 25.3 Å². The molecule has 0 radical (unpaired) electrons. The zero-order chi connectivity index (χ0) is 22.9. The third-order valence-corrected chi connectivity index (χ3v) is 5.52. The lowest BCUT2D eigenvalue weighted by atomic mass is 10.1. The van der Waals surface area contributed by atoms with Crippen LogP contribution in [-0.4, -0.2) is 57.4 Å². The van der Waals surface area contributed by atoms with E-state index in [4.69, 9.17) is 14.2 Å². The Kier molecular flexibility index (Phi) is 11.2. The second-order valence-corrected chi connectivity index (χ2v) is 8.24. The van der Waals surface area contributed by atoms with Crippen LogP contribution < -0.4 is 20.1 Å². The van der Waals surface area contributed by atoms with Crippen molar-refractivity contribution in [1.82, 2.24) is 15.5 Å². The lowest BCUT2D eigenvalue weighted by Crippen LogP contribution is -2.44. The molecule has 2 unspecified atom stereocenters. The van der Waals surface area contributed by atoms with Crippen LogP contribution in [0, 0.1) is 0 Å². The smallest absolute Gasteiger partial charge is 0.191 e. The average Bonchev–Trinajstić information content (AvgIpc) is 2.79. The maximum absolute atomic E-state index is 5.83. The van der Waals surface area contributed by atoms with Crippen molar-refractivity contribution in [3.8, 4) is 11.5 Å². The standard InChI is InChI=1S/C25H36N4O3.HI/c1-18-15-29(16-19(2)32-18)17-21-8-6-20(7-9-21)13-27-25(26-3)28-14-22-10-11-23(30-4)24(12-22)31-5;/h6-12,18-19H,13-17H2,1-5H3,(H2,26,27,28);1H. The van der Waals surface area contributed by atoms with Gasteiger partial charge in [-0.25, -0.2) is 0 Å². The Morgan fingerprint density at radius 1 is 0.909 bits per heavy atom. The Balaban J connectivity index is 0.00000385. The summed E-state index contributed by atoms with van der Waals surface area (Å²) in [5, 5.41) is 6.72. The van der Waals surface area contributed by atoms with E-state index in [2.05, 4.69) is 58.6 Å². The molecule has 0 aromatic heterocycles. The highest BCUT2D eigenvalue weighted by molar-refractivity contribution is 14.0. The number of morpholine rings is 1. The van der Waals surface area contributed by atoms with Crippen molar-refractivity contribution in [2.45, 2.75) is 45.7 Å². The second-order valence-electron chi connectivity index (χ2n) is 8.24. The molecule has 0 saturated carbocycles. The highest BCUT2D eigenvalue weighted by Crippen LogP contribution is 2.27. The van der Waals surface area contributed by atoms with Crippen LogP contribution in [0.1, 0.15) is 30.5 Å². The number of nitrogens with zero attached hydrogens (tertiary/aromatic N) is 2. The molecule has 1 aliphatic heterocycles. The molecule has 0 spiro atoms. The van der Waals surface area contributed by atoms with E-state index in [9.17, 15) is 0 Å². The van der Waals surface area contributed by atoms with E-state index in [0.717, 1.165) is 42.7 Å². The van der Waals surface area contributed by atoms with Gasteiger partial charge in [-0.15, -0.1) is 24.0 Å². The molecular weight excluding hydrogens is 531 g/mol. The summed E-state index contributed by atoms with van der Waals surface area (Å²) < 4.78 is 16.5. The van der Waals surface area contributed by atoms with Crippen molar-refractivity contribution in [2.24, 2.45) is 4.99 Å². The molecule has 1 fully saturated rings. The minimum absolute atomic E-state index is 0. The average molecular weight is 569 g/mol. The van der Waals surface area contributed by atoms with Gasteiger partial charge in [0.2, 0.25) is 0 Å². The fraction of sp³-hybridized carbons (Fsp3) is 0.480. The summed E-state index contributed by atoms with van der Waals surface area (Å²) in [5.74, 6) is 2.19. The molecule has 0 aliphatic carbocycles. The van der Waals surface area contributed by atoms with Crippen molar-refractivity contribution in [2.75, 3.05) is 34.4 Å². The molecule has 0 bridgehead atoms. The Labute approximate surface area is 214 Å². The number of aliphatic imine (C=N–C) groups is 1. The van der Waals surface area contributed by atoms with Gasteiger partial charge in [0.05, 0.1) is 26.4 Å². The molecule has 1 saturated heterocycles. The molecule has 2 aromatic rings. The quantitative estimate of drug-likeness (QED) is 0.287. The first kappa shape index (κ1) is 27.2. The largest absolute Gasteiger partial charge is 0.493 e. The molecule has 182 valence electrons. The van der Waals surface area contributed by atoms with Gasteiger partial charge in [0.1, 0.15) is 0 Å². The fourth-order valence-corrected chi connectivity index (χ4v) is 4.02. The van der Waals surface area contributed by atoms with E-state index in [-0.39, 0.29) is 24.0 Å². The predicted molar refractivity (Wildman–Crippen MR) is 144 cm³/mol. The van der Waals surface area contributed by atoms with Gasteiger partial charge in [-0.2, -0.15) is 0 Å². The molecule has 2 N–H and O–H groups in total. The zero-order valence-electron chi connectivity index (χ0n) is 20.3. The molecule has 2 atom stereocenters. The molecule has 33 heavy (non-hydrogen) atoms. The summed E-state index contributed by atoms with van der Waals surface area (Å²) in [5.41, 5.74) is 3.62. The number of methoxy groups -OCH3 is 2. The van der Waals surface area contributed by atoms with Gasteiger partial charge in [0, 0.05) is 39.8 Å². The molecule has 0 amide bonds. The van der Waals surface area contributed by atoms with Gasteiger partial charge in [-0.3, -0.25) is 9.89 Å². The van der Waals surface area contributed by atoms with Gasteiger partial charge >= 0.3 is 0 Å². The van der Waals surface area contributed by atoms with E-state index in [1.165, 1.54) is 11.1 Å². The molecule has 2 aromatic carbocycles. The number of hydrogen-bond donors (Lipinski definition) is 2. The van der Waals surface area contributed by atoms with Gasteiger partial charge in [0.15, 0.2) is 17.5 Å². The summed E-state index contributed by atoms with van der Waals surface area (Å²) in [6.07, 6.45) is 0.584. The van der Waals surface area contributed by atoms with Crippen LogP contribution in [0.3, 0.4) is 0 Å². The van der Waals surface area contributed by atoms with Gasteiger partial charge in [0.25, 0.3) is 0 Å². The van der Waals surface area contributed by atoms with Gasteiger partial charge < -0.3 is 24.8 Å². The van der Waals surface area contributed by atoms with Crippen molar-refractivity contribution < 1.29 is 14.2 Å². The maximum atomic E-state index is 5.83. The molecule has 1 heterocycles. The van der Waals surface area contributed by atoms with Crippen molar-refractivity contribution in [3.05, 3.63) is 59.2 Å². The number of ether oxygens (including phenoxy) is 3. The van der Waals surface area contributed by atoms with Crippen LogP contribution in [0.2, 0.25) is 0 Å². The number of halogens is 1. The Morgan fingerprint density at radius 2 is 1.45 bits per heavy atom. The lowest BCUT2D eigenvalue weighted by molar-refractivity contribution is -0.0704. The van der Waals surface area contributed by atoms with Crippen LogP contribution in [-0.2, 0) is 24.4 Å². The Hall–Kier alpha value is -2.04. The van der Waals surface area contributed by atoms with Crippen LogP contribution in [0.5, 0.6) is 11.5 Å². The normalized spacial score (nSPS) is 18.9. The number of hydrogen-bond acceptors (Lipinski definition) is 5. The van der Waals surface area contributed by atoms with E-state index < -0.39 is 0 Å². The predicted octanol–water partition coefficient (Wildman–Crippen LogP) is 3.80. The minimum atomic E-state index is 0. The SMILES string of the molecule is CN=C(NCc1ccc(CN2CC(C)OC(C)C2)cc1)NCc1ccc(OC)c(OC)c1.I. The van der Waals surface area contributed by atoms with Crippen molar-refractivity contribution in [3.63, 3.8) is 0 Å². The van der Waals surface area contributed by atoms with Crippen LogP contribution >= 0.6 is 24.0 Å². The van der Waals surface area contributed by atoms with E-state index >= 15 is 0 Å². The molecule has 8 heteroatoms. The van der Waals surface area contributed by atoms with E-state index in [1.807, 2.05) is 18.2 Å². The third kappa shape index (κ3) is 8.35. The molecule has 1 aliphatic rings. The number of benzene rings is 2. The van der Waals surface area contributed by atoms with Crippen LogP contribution in [0.4, 0.5) is 0 Å². The van der Waals surface area contributed by atoms with Crippen LogP contribution in [0.15, 0.2) is 47.5 Å².